The highest BCUT2D eigenvalue weighted by molar-refractivity contribution is 7.90. The van der Waals surface area contributed by atoms with Gasteiger partial charge >= 0.3 is 0 Å². The van der Waals surface area contributed by atoms with Gasteiger partial charge in [0.2, 0.25) is 0 Å². The molecule has 0 unspecified atom stereocenters. The topological polar surface area (TPSA) is 113 Å². The standard InChI is InChI=1S/C27H27N3O5S/c1-4-13-35-24-7-5-6-8-26(24)36(32,33)29-27(31)19-10-9-18(25(15-19)34-3)14-20-17-30(2)23-12-11-21(28)16-22(20)23/h4-13,15-17H,14,28H2,1-3H3,(H,29,31)/b13-4-. The summed E-state index contributed by atoms with van der Waals surface area (Å²) in [6.07, 6.45) is 5.57. The minimum atomic E-state index is -4.19. The molecule has 3 N–H and O–H groups in total. The highest BCUT2D eigenvalue weighted by Crippen LogP contribution is 2.29. The van der Waals surface area contributed by atoms with Crippen LogP contribution in [0.3, 0.4) is 0 Å². The minimum absolute atomic E-state index is 0.111. The number of hydrogen-bond donors (Lipinski definition) is 2. The molecular formula is C27H27N3O5S. The average molecular weight is 506 g/mol. The van der Waals surface area contributed by atoms with Gasteiger partial charge in [0.15, 0.2) is 0 Å². The Labute approximate surface area is 210 Å². The fourth-order valence-electron chi connectivity index (χ4n) is 4.02. The number of hydrogen-bond acceptors (Lipinski definition) is 6. The first kappa shape index (κ1) is 24.9. The first-order valence-corrected chi connectivity index (χ1v) is 12.7. The number of carbonyl (C=O) groups is 1. The number of sulfonamides is 1. The zero-order valence-corrected chi connectivity index (χ0v) is 21.0. The number of nitrogens with two attached hydrogens (primary N) is 1. The second-order valence-electron chi connectivity index (χ2n) is 8.21. The van der Waals surface area contributed by atoms with E-state index in [1.807, 2.05) is 36.0 Å². The summed E-state index contributed by atoms with van der Waals surface area (Å²) in [6.45, 7) is 1.74. The molecule has 0 aliphatic heterocycles. The Morgan fingerprint density at radius 3 is 2.58 bits per heavy atom. The third-order valence-electron chi connectivity index (χ3n) is 5.72. The number of para-hydroxylation sites is 1. The van der Waals surface area contributed by atoms with Crippen molar-refractivity contribution in [3.05, 3.63) is 95.9 Å². The Hall–Kier alpha value is -4.24. The SMILES string of the molecule is C/C=C\Oc1ccccc1S(=O)(=O)NC(=O)c1ccc(Cc2cn(C)c3ccc(N)cc23)c(OC)c1. The predicted molar refractivity (Wildman–Crippen MR) is 140 cm³/mol. The Balaban J connectivity index is 1.60. The van der Waals surface area contributed by atoms with Crippen LogP contribution < -0.4 is 19.9 Å². The second kappa shape index (κ2) is 10.2. The van der Waals surface area contributed by atoms with Gasteiger partial charge in [-0.05, 0) is 60.5 Å². The number of nitrogens with one attached hydrogen (secondary N) is 1. The van der Waals surface area contributed by atoms with Crippen molar-refractivity contribution in [2.75, 3.05) is 12.8 Å². The lowest BCUT2D eigenvalue weighted by Crippen LogP contribution is -2.30. The number of fused-ring (bicyclic) bond motifs is 1. The molecule has 186 valence electrons. The molecule has 1 aromatic heterocycles. The van der Waals surface area contributed by atoms with Crippen molar-refractivity contribution in [1.29, 1.82) is 0 Å². The van der Waals surface area contributed by atoms with Crippen LogP contribution >= 0.6 is 0 Å². The molecule has 4 aromatic rings. The molecule has 0 radical (unpaired) electrons. The molecule has 0 aliphatic rings. The molecule has 1 heterocycles. The zero-order valence-electron chi connectivity index (χ0n) is 20.2. The van der Waals surface area contributed by atoms with E-state index < -0.39 is 15.9 Å². The molecular weight excluding hydrogens is 478 g/mol. The van der Waals surface area contributed by atoms with Gasteiger partial charge in [0.1, 0.15) is 16.4 Å². The molecule has 3 aromatic carbocycles. The van der Waals surface area contributed by atoms with Crippen molar-refractivity contribution < 1.29 is 22.7 Å². The number of rotatable bonds is 8. The van der Waals surface area contributed by atoms with E-state index in [1.165, 1.54) is 31.6 Å². The average Bonchev–Trinajstić information content (AvgIpc) is 3.16. The van der Waals surface area contributed by atoms with Crippen LogP contribution in [0, 0.1) is 0 Å². The van der Waals surface area contributed by atoms with Crippen molar-refractivity contribution in [1.82, 2.24) is 9.29 Å². The number of nitrogen functional groups attached to an aromatic ring is 1. The maximum absolute atomic E-state index is 12.9. The summed E-state index contributed by atoms with van der Waals surface area (Å²) in [5, 5.41) is 1.03. The monoisotopic (exact) mass is 505 g/mol. The van der Waals surface area contributed by atoms with Gasteiger partial charge in [0, 0.05) is 41.8 Å². The van der Waals surface area contributed by atoms with E-state index in [9.17, 15) is 13.2 Å². The molecule has 0 fully saturated rings. The summed E-state index contributed by atoms with van der Waals surface area (Å²) in [6, 6.07) is 16.7. The van der Waals surface area contributed by atoms with Gasteiger partial charge in [-0.1, -0.05) is 24.3 Å². The smallest absolute Gasteiger partial charge is 0.268 e. The highest BCUT2D eigenvalue weighted by Gasteiger charge is 2.23. The number of anilines is 1. The van der Waals surface area contributed by atoms with Gasteiger partial charge in [-0.3, -0.25) is 4.79 Å². The number of allylic oxidation sites excluding steroid dienone is 1. The highest BCUT2D eigenvalue weighted by atomic mass is 32.2. The number of nitrogens with zero attached hydrogens (tertiary/aromatic N) is 1. The Morgan fingerprint density at radius 2 is 1.83 bits per heavy atom. The summed E-state index contributed by atoms with van der Waals surface area (Å²) >= 11 is 0. The van der Waals surface area contributed by atoms with Gasteiger partial charge < -0.3 is 19.8 Å². The predicted octanol–water partition coefficient (Wildman–Crippen LogP) is 4.39. The maximum atomic E-state index is 12.9. The van der Waals surface area contributed by atoms with Crippen LogP contribution in [-0.2, 0) is 23.5 Å². The van der Waals surface area contributed by atoms with Gasteiger partial charge in [-0.15, -0.1) is 0 Å². The maximum Gasteiger partial charge on any atom is 0.268 e. The van der Waals surface area contributed by atoms with Crippen molar-refractivity contribution >= 4 is 32.5 Å². The number of aromatic nitrogens is 1. The molecule has 0 atom stereocenters. The van der Waals surface area contributed by atoms with Gasteiger partial charge in [-0.25, -0.2) is 13.1 Å². The van der Waals surface area contributed by atoms with Crippen molar-refractivity contribution in [3.63, 3.8) is 0 Å². The molecule has 36 heavy (non-hydrogen) atoms. The molecule has 9 heteroatoms. The van der Waals surface area contributed by atoms with Crippen LogP contribution in [0.25, 0.3) is 10.9 Å². The molecule has 0 saturated carbocycles. The van der Waals surface area contributed by atoms with Crippen LogP contribution in [0.5, 0.6) is 11.5 Å². The molecule has 0 bridgehead atoms. The summed E-state index contributed by atoms with van der Waals surface area (Å²) < 4.78 is 40.9. The number of carbonyl (C=O) groups excluding carboxylic acids is 1. The van der Waals surface area contributed by atoms with E-state index in [4.69, 9.17) is 15.2 Å². The first-order chi connectivity index (χ1) is 17.2. The van der Waals surface area contributed by atoms with E-state index in [0.717, 1.165) is 22.0 Å². The Morgan fingerprint density at radius 1 is 1.06 bits per heavy atom. The van der Waals surface area contributed by atoms with Crippen LogP contribution in [0.4, 0.5) is 5.69 Å². The van der Waals surface area contributed by atoms with Gasteiger partial charge in [0.25, 0.3) is 15.9 Å². The minimum Gasteiger partial charge on any atom is -0.496 e. The lowest BCUT2D eigenvalue weighted by molar-refractivity contribution is 0.0981. The summed E-state index contributed by atoms with van der Waals surface area (Å²) in [5.41, 5.74) is 9.76. The molecule has 4 rings (SSSR count). The number of benzene rings is 3. The lowest BCUT2D eigenvalue weighted by Gasteiger charge is -2.13. The van der Waals surface area contributed by atoms with Crippen LogP contribution in [0.2, 0.25) is 0 Å². The molecule has 0 aliphatic carbocycles. The molecule has 0 saturated heterocycles. The zero-order chi connectivity index (χ0) is 25.9. The summed E-state index contributed by atoms with van der Waals surface area (Å²) in [5.74, 6) is -0.198. The van der Waals surface area contributed by atoms with Crippen molar-refractivity contribution in [2.45, 2.75) is 18.2 Å². The third-order valence-corrected chi connectivity index (χ3v) is 7.09. The van der Waals surface area contributed by atoms with E-state index in [2.05, 4.69) is 4.72 Å². The molecule has 0 spiro atoms. The van der Waals surface area contributed by atoms with Crippen LogP contribution in [-0.4, -0.2) is 26.0 Å². The van der Waals surface area contributed by atoms with Gasteiger partial charge in [0.05, 0.1) is 13.4 Å². The van der Waals surface area contributed by atoms with Crippen LogP contribution in [0.15, 0.2) is 84.1 Å². The summed E-state index contributed by atoms with van der Waals surface area (Å²) in [7, 11) is -0.712. The van der Waals surface area contributed by atoms with E-state index in [1.54, 1.807) is 37.3 Å². The Kier molecular flexibility index (Phi) is 7.03. The van der Waals surface area contributed by atoms with Crippen LogP contribution in [0.1, 0.15) is 28.4 Å². The quantitative estimate of drug-likeness (QED) is 0.271. The number of ether oxygens (including phenoxy) is 2. The van der Waals surface area contributed by atoms with E-state index >= 15 is 0 Å². The number of amides is 1. The normalized spacial score (nSPS) is 11.6. The number of aryl methyl sites for hydroxylation is 1. The van der Waals surface area contributed by atoms with E-state index in [-0.39, 0.29) is 16.2 Å². The largest absolute Gasteiger partial charge is 0.496 e. The third kappa shape index (κ3) is 5.06. The molecule has 1 amide bonds. The van der Waals surface area contributed by atoms with Gasteiger partial charge in [-0.2, -0.15) is 0 Å². The molecule has 8 nitrogen and oxygen atoms in total. The van der Waals surface area contributed by atoms with E-state index in [0.29, 0.717) is 17.9 Å². The lowest BCUT2D eigenvalue weighted by atomic mass is 10.0. The number of methoxy groups -OCH3 is 1. The summed E-state index contributed by atoms with van der Waals surface area (Å²) in [4.78, 5) is 12.8. The second-order valence-corrected chi connectivity index (χ2v) is 9.86. The Bertz CT molecular complexity index is 1570. The van der Waals surface area contributed by atoms with Crippen molar-refractivity contribution in [2.24, 2.45) is 7.05 Å². The fourth-order valence-corrected chi connectivity index (χ4v) is 5.13. The fraction of sp³-hybridized carbons (Fsp3) is 0.148. The first-order valence-electron chi connectivity index (χ1n) is 11.2. The van der Waals surface area contributed by atoms with Crippen molar-refractivity contribution in [3.8, 4) is 11.5 Å².